The minimum atomic E-state index is -0.859. The lowest BCUT2D eigenvalue weighted by atomic mass is 10.2. The van der Waals surface area contributed by atoms with Crippen LogP contribution in [0.3, 0.4) is 0 Å². The predicted octanol–water partition coefficient (Wildman–Crippen LogP) is 1.86. The Bertz CT molecular complexity index is 523. The standard InChI is InChI=1S/C13H17ClN2O3S2/c1-15(6-9-2-3-11(14)21-9)12(17)7-16-4-5-20-8-10(16)13(18)19/h2-3,10H,4-8H2,1H3,(H,18,19). The number of carboxylic acid groups (broad SMARTS) is 1. The van der Waals surface area contributed by atoms with E-state index in [1.165, 1.54) is 11.3 Å². The van der Waals surface area contributed by atoms with E-state index < -0.39 is 12.0 Å². The van der Waals surface area contributed by atoms with Gasteiger partial charge in [0, 0.05) is 30.0 Å². The first kappa shape index (κ1) is 16.6. The quantitative estimate of drug-likeness (QED) is 0.880. The summed E-state index contributed by atoms with van der Waals surface area (Å²) in [6, 6.07) is 3.13. The maximum atomic E-state index is 12.2. The summed E-state index contributed by atoms with van der Waals surface area (Å²) >= 11 is 8.93. The largest absolute Gasteiger partial charge is 0.480 e. The molecule has 8 heteroatoms. The summed E-state index contributed by atoms with van der Waals surface area (Å²) in [5.74, 6) is 0.467. The van der Waals surface area contributed by atoms with Gasteiger partial charge in [0.2, 0.25) is 5.91 Å². The van der Waals surface area contributed by atoms with E-state index in [4.69, 9.17) is 11.6 Å². The van der Waals surface area contributed by atoms with Crippen LogP contribution >= 0.6 is 34.7 Å². The highest BCUT2D eigenvalue weighted by molar-refractivity contribution is 7.99. The number of aliphatic carboxylic acids is 1. The van der Waals surface area contributed by atoms with Crippen molar-refractivity contribution in [2.75, 3.05) is 31.6 Å². The maximum absolute atomic E-state index is 12.2. The van der Waals surface area contributed by atoms with Crippen LogP contribution < -0.4 is 0 Å². The van der Waals surface area contributed by atoms with Gasteiger partial charge in [0.15, 0.2) is 0 Å². The summed E-state index contributed by atoms with van der Waals surface area (Å²) in [5.41, 5.74) is 0. The first-order valence-corrected chi connectivity index (χ1v) is 8.85. The number of amides is 1. The minimum absolute atomic E-state index is 0.0716. The topological polar surface area (TPSA) is 60.9 Å². The zero-order chi connectivity index (χ0) is 15.4. The van der Waals surface area contributed by atoms with Crippen LogP contribution in [0.4, 0.5) is 0 Å². The first-order chi connectivity index (χ1) is 9.97. The Labute approximate surface area is 136 Å². The van der Waals surface area contributed by atoms with Crippen molar-refractivity contribution >= 4 is 46.6 Å². The Kier molecular flexibility index (Phi) is 5.92. The first-order valence-electron chi connectivity index (χ1n) is 6.50. The van der Waals surface area contributed by atoms with E-state index in [2.05, 4.69) is 0 Å². The van der Waals surface area contributed by atoms with Crippen molar-refractivity contribution in [1.82, 2.24) is 9.80 Å². The summed E-state index contributed by atoms with van der Waals surface area (Å²) < 4.78 is 0.699. The summed E-state index contributed by atoms with van der Waals surface area (Å²) in [4.78, 5) is 27.8. The van der Waals surface area contributed by atoms with Crippen LogP contribution in [0.15, 0.2) is 12.1 Å². The molecule has 1 aliphatic heterocycles. The second-order valence-electron chi connectivity index (χ2n) is 4.86. The third kappa shape index (κ3) is 4.60. The lowest BCUT2D eigenvalue weighted by Crippen LogP contribution is -2.51. The van der Waals surface area contributed by atoms with Crippen LogP contribution in [0.5, 0.6) is 0 Å². The number of rotatable bonds is 5. The number of nitrogens with zero attached hydrogens (tertiary/aromatic N) is 2. The van der Waals surface area contributed by atoms with Gasteiger partial charge in [0.05, 0.1) is 17.4 Å². The number of thiophene rings is 1. The molecule has 1 aliphatic rings. The highest BCUT2D eigenvalue weighted by Gasteiger charge is 2.30. The number of hydrogen-bond donors (Lipinski definition) is 1. The average molecular weight is 349 g/mol. The second-order valence-corrected chi connectivity index (χ2v) is 7.80. The highest BCUT2D eigenvalue weighted by atomic mass is 35.5. The van der Waals surface area contributed by atoms with Crippen LogP contribution in [0, 0.1) is 0 Å². The normalized spacial score (nSPS) is 19.4. The van der Waals surface area contributed by atoms with Crippen molar-refractivity contribution < 1.29 is 14.7 Å². The fourth-order valence-corrected chi connectivity index (χ4v) is 4.36. The number of carbonyl (C=O) groups is 2. The van der Waals surface area contributed by atoms with Gasteiger partial charge >= 0.3 is 5.97 Å². The van der Waals surface area contributed by atoms with E-state index in [1.807, 2.05) is 12.1 Å². The Morgan fingerprint density at radius 1 is 1.52 bits per heavy atom. The maximum Gasteiger partial charge on any atom is 0.321 e. The Morgan fingerprint density at radius 2 is 2.29 bits per heavy atom. The molecule has 1 fully saturated rings. The molecule has 0 aromatic carbocycles. The highest BCUT2D eigenvalue weighted by Crippen LogP contribution is 2.22. The Morgan fingerprint density at radius 3 is 2.90 bits per heavy atom. The van der Waals surface area contributed by atoms with Crippen LogP contribution in [0.1, 0.15) is 4.88 Å². The molecule has 0 spiro atoms. The molecular formula is C13H17ClN2O3S2. The molecule has 2 rings (SSSR count). The van der Waals surface area contributed by atoms with E-state index >= 15 is 0 Å². The van der Waals surface area contributed by atoms with E-state index in [1.54, 1.807) is 28.6 Å². The molecule has 1 unspecified atom stereocenters. The van der Waals surface area contributed by atoms with Gasteiger partial charge in [0.25, 0.3) is 0 Å². The third-order valence-electron chi connectivity index (χ3n) is 3.31. The lowest BCUT2D eigenvalue weighted by Gasteiger charge is -2.33. The molecule has 1 amide bonds. The molecule has 116 valence electrons. The summed E-state index contributed by atoms with van der Waals surface area (Å²) in [6.45, 7) is 1.27. The summed E-state index contributed by atoms with van der Waals surface area (Å²) in [7, 11) is 1.73. The molecule has 0 bridgehead atoms. The van der Waals surface area contributed by atoms with Gasteiger partial charge in [-0.1, -0.05) is 11.6 Å². The number of carbonyl (C=O) groups excluding carboxylic acids is 1. The van der Waals surface area contributed by atoms with E-state index in [0.717, 1.165) is 10.6 Å². The Hall–Kier alpha value is -0.760. The van der Waals surface area contributed by atoms with Crippen LogP contribution in [-0.4, -0.2) is 64.5 Å². The molecule has 1 saturated heterocycles. The molecular weight excluding hydrogens is 332 g/mol. The fourth-order valence-electron chi connectivity index (χ4n) is 2.11. The number of halogens is 1. The summed E-state index contributed by atoms with van der Waals surface area (Å²) in [6.07, 6.45) is 0. The molecule has 5 nitrogen and oxygen atoms in total. The van der Waals surface area contributed by atoms with Crippen molar-refractivity contribution in [2.24, 2.45) is 0 Å². The second kappa shape index (κ2) is 7.49. The van der Waals surface area contributed by atoms with E-state index in [0.29, 0.717) is 23.2 Å². The molecule has 1 aromatic rings. The van der Waals surface area contributed by atoms with Gasteiger partial charge < -0.3 is 10.0 Å². The molecule has 1 atom stereocenters. The zero-order valence-electron chi connectivity index (χ0n) is 11.6. The van der Waals surface area contributed by atoms with Crippen molar-refractivity contribution in [3.8, 4) is 0 Å². The number of hydrogen-bond acceptors (Lipinski definition) is 5. The molecule has 1 N–H and O–H groups in total. The smallest absolute Gasteiger partial charge is 0.321 e. The number of thioether (sulfide) groups is 1. The molecule has 0 radical (unpaired) electrons. The minimum Gasteiger partial charge on any atom is -0.480 e. The van der Waals surface area contributed by atoms with Crippen molar-refractivity contribution in [3.05, 3.63) is 21.3 Å². The average Bonchev–Trinajstić information content (AvgIpc) is 2.84. The van der Waals surface area contributed by atoms with Crippen molar-refractivity contribution in [3.63, 3.8) is 0 Å². The number of carboxylic acids is 1. The fraction of sp³-hybridized carbons (Fsp3) is 0.538. The molecule has 21 heavy (non-hydrogen) atoms. The van der Waals surface area contributed by atoms with Gasteiger partial charge in [-0.25, -0.2) is 0 Å². The van der Waals surface area contributed by atoms with Crippen molar-refractivity contribution in [2.45, 2.75) is 12.6 Å². The Balaban J connectivity index is 1.91. The van der Waals surface area contributed by atoms with Crippen LogP contribution in [0.25, 0.3) is 0 Å². The van der Waals surface area contributed by atoms with E-state index in [-0.39, 0.29) is 12.5 Å². The van der Waals surface area contributed by atoms with Gasteiger partial charge in [-0.3, -0.25) is 14.5 Å². The SMILES string of the molecule is CN(Cc1ccc(Cl)s1)C(=O)CN1CCSCC1C(=O)O. The van der Waals surface area contributed by atoms with E-state index in [9.17, 15) is 14.7 Å². The molecule has 0 saturated carbocycles. The van der Waals surface area contributed by atoms with Gasteiger partial charge in [-0.15, -0.1) is 11.3 Å². The molecule has 0 aliphatic carbocycles. The lowest BCUT2D eigenvalue weighted by molar-refractivity contribution is -0.143. The third-order valence-corrected chi connectivity index (χ3v) is 5.55. The molecule has 1 aromatic heterocycles. The molecule has 2 heterocycles. The predicted molar refractivity (Wildman–Crippen MR) is 86.1 cm³/mol. The monoisotopic (exact) mass is 348 g/mol. The van der Waals surface area contributed by atoms with Gasteiger partial charge in [0.1, 0.15) is 6.04 Å². The van der Waals surface area contributed by atoms with Crippen LogP contribution in [0.2, 0.25) is 4.34 Å². The van der Waals surface area contributed by atoms with Gasteiger partial charge in [-0.05, 0) is 12.1 Å². The zero-order valence-corrected chi connectivity index (χ0v) is 14.0. The van der Waals surface area contributed by atoms with Gasteiger partial charge in [-0.2, -0.15) is 11.8 Å². The van der Waals surface area contributed by atoms with Crippen molar-refractivity contribution in [1.29, 1.82) is 0 Å². The number of likely N-dealkylation sites (N-methyl/N-ethyl adjacent to an activating group) is 1. The van der Waals surface area contributed by atoms with Crippen LogP contribution in [-0.2, 0) is 16.1 Å². The summed E-state index contributed by atoms with van der Waals surface area (Å²) in [5, 5.41) is 9.21.